The van der Waals surface area contributed by atoms with Crippen LogP contribution in [-0.4, -0.2) is 4.98 Å². The molecule has 3 aromatic rings. The van der Waals surface area contributed by atoms with Gasteiger partial charge in [-0.15, -0.1) is 29.1 Å². The van der Waals surface area contributed by atoms with E-state index in [4.69, 9.17) is 0 Å². The van der Waals surface area contributed by atoms with E-state index in [1.807, 2.05) is 36.4 Å². The molecule has 0 N–H and O–H groups in total. The number of hydrogen-bond acceptors (Lipinski definition) is 1. The Morgan fingerprint density at radius 1 is 1.05 bits per heavy atom. The van der Waals surface area contributed by atoms with Gasteiger partial charge < -0.3 is 4.98 Å². The quantitative estimate of drug-likeness (QED) is 0.560. The van der Waals surface area contributed by atoms with Crippen LogP contribution in [0.25, 0.3) is 28.1 Å². The Labute approximate surface area is 126 Å². The molecule has 1 aromatic heterocycles. The number of aromatic nitrogens is 1. The zero-order valence-electron chi connectivity index (χ0n) is 10.3. The normalized spacial score (nSPS) is 9.89. The first kappa shape index (κ1) is 13.7. The van der Waals surface area contributed by atoms with Crippen LogP contribution in [0.4, 0.5) is 0 Å². The summed E-state index contributed by atoms with van der Waals surface area (Å²) in [7, 11) is 0. The Morgan fingerprint density at radius 3 is 2.63 bits per heavy atom. The minimum Gasteiger partial charge on any atom is -0.305 e. The molecular formula is C17H12IrN-. The van der Waals surface area contributed by atoms with Crippen LogP contribution in [0, 0.1) is 6.07 Å². The number of benzene rings is 2. The average Bonchev–Trinajstić information content (AvgIpc) is 2.47. The van der Waals surface area contributed by atoms with E-state index in [0.717, 1.165) is 16.8 Å². The van der Waals surface area contributed by atoms with Crippen LogP contribution in [0.5, 0.6) is 0 Å². The van der Waals surface area contributed by atoms with Crippen molar-refractivity contribution in [2.75, 3.05) is 0 Å². The molecule has 0 saturated heterocycles. The summed E-state index contributed by atoms with van der Waals surface area (Å²) in [4.78, 5) is 4.39. The topological polar surface area (TPSA) is 12.9 Å². The first-order chi connectivity index (χ1) is 8.86. The summed E-state index contributed by atoms with van der Waals surface area (Å²) in [6, 6.07) is 19.6. The first-order valence-corrected chi connectivity index (χ1v) is 5.86. The van der Waals surface area contributed by atoms with Crippen LogP contribution in [0.3, 0.4) is 0 Å². The molecule has 0 atom stereocenters. The monoisotopic (exact) mass is 423 g/mol. The standard InChI is InChI=1S/C17H12N.Ir/c1-2-13-9-10-18-17(11-13)16-8-7-14-5-3-4-6-15(14)12-16;/h2-7,9-12H,1H2;/q-1;. The molecule has 0 aliphatic carbocycles. The molecule has 2 heteroatoms. The second kappa shape index (κ2) is 5.92. The van der Waals surface area contributed by atoms with E-state index < -0.39 is 0 Å². The van der Waals surface area contributed by atoms with Gasteiger partial charge in [0.2, 0.25) is 0 Å². The van der Waals surface area contributed by atoms with Crippen molar-refractivity contribution >= 4 is 16.8 Å². The van der Waals surface area contributed by atoms with Crippen molar-refractivity contribution in [1.82, 2.24) is 4.98 Å². The van der Waals surface area contributed by atoms with Gasteiger partial charge in [-0.3, -0.25) is 0 Å². The predicted molar refractivity (Wildman–Crippen MR) is 76.1 cm³/mol. The molecule has 95 valence electrons. The summed E-state index contributed by atoms with van der Waals surface area (Å²) in [6.07, 6.45) is 3.63. The molecule has 1 heterocycles. The van der Waals surface area contributed by atoms with Crippen LogP contribution >= 0.6 is 0 Å². The summed E-state index contributed by atoms with van der Waals surface area (Å²) in [5, 5.41) is 2.40. The first-order valence-electron chi connectivity index (χ1n) is 5.86. The van der Waals surface area contributed by atoms with Gasteiger partial charge in [-0.1, -0.05) is 48.4 Å². The largest absolute Gasteiger partial charge is 0.305 e. The Bertz CT molecular complexity index is 719. The van der Waals surface area contributed by atoms with Gasteiger partial charge in [-0.25, -0.2) is 0 Å². The molecule has 0 spiro atoms. The maximum atomic E-state index is 4.39. The molecule has 0 unspecified atom stereocenters. The van der Waals surface area contributed by atoms with Gasteiger partial charge in [-0.2, -0.15) is 0 Å². The number of nitrogens with zero attached hydrogens (tertiary/aromatic N) is 1. The molecule has 0 saturated carbocycles. The van der Waals surface area contributed by atoms with E-state index in [9.17, 15) is 0 Å². The smallest absolute Gasteiger partial charge is 0.0166 e. The molecular weight excluding hydrogens is 410 g/mol. The fraction of sp³-hybridized carbons (Fsp3) is 0. The maximum absolute atomic E-state index is 4.39. The van der Waals surface area contributed by atoms with Crippen molar-refractivity contribution in [2.45, 2.75) is 0 Å². The zero-order chi connectivity index (χ0) is 12.4. The molecule has 0 bridgehead atoms. The third-order valence-corrected chi connectivity index (χ3v) is 2.97. The minimum atomic E-state index is 0. The maximum Gasteiger partial charge on any atom is 0.0166 e. The van der Waals surface area contributed by atoms with Crippen molar-refractivity contribution < 1.29 is 20.1 Å². The van der Waals surface area contributed by atoms with Gasteiger partial charge in [0.25, 0.3) is 0 Å². The molecule has 3 rings (SSSR count). The summed E-state index contributed by atoms with van der Waals surface area (Å²) in [6.45, 7) is 3.78. The molecule has 0 aliphatic rings. The molecule has 0 aliphatic heterocycles. The van der Waals surface area contributed by atoms with Gasteiger partial charge >= 0.3 is 0 Å². The molecule has 0 fully saturated rings. The second-order valence-corrected chi connectivity index (χ2v) is 4.15. The summed E-state index contributed by atoms with van der Waals surface area (Å²) >= 11 is 0. The van der Waals surface area contributed by atoms with Crippen molar-refractivity contribution in [3.63, 3.8) is 0 Å². The summed E-state index contributed by atoms with van der Waals surface area (Å²) < 4.78 is 0. The second-order valence-electron chi connectivity index (χ2n) is 4.15. The van der Waals surface area contributed by atoms with E-state index in [1.165, 1.54) is 10.8 Å². The van der Waals surface area contributed by atoms with E-state index in [-0.39, 0.29) is 20.1 Å². The summed E-state index contributed by atoms with van der Waals surface area (Å²) in [5.74, 6) is 0. The molecule has 1 nitrogen and oxygen atoms in total. The van der Waals surface area contributed by atoms with Crippen LogP contribution in [0.15, 0.2) is 61.3 Å². The van der Waals surface area contributed by atoms with Crippen LogP contribution in [0.1, 0.15) is 5.56 Å². The number of fused-ring (bicyclic) bond motifs is 1. The van der Waals surface area contributed by atoms with Gasteiger partial charge in [0.1, 0.15) is 0 Å². The number of rotatable bonds is 2. The molecule has 0 amide bonds. The van der Waals surface area contributed by atoms with Crippen molar-refractivity contribution in [2.24, 2.45) is 0 Å². The van der Waals surface area contributed by atoms with Crippen molar-refractivity contribution in [1.29, 1.82) is 0 Å². The van der Waals surface area contributed by atoms with Crippen LogP contribution < -0.4 is 0 Å². The molecule has 2 aromatic carbocycles. The SMILES string of the molecule is C=Cc1ccnc(-c2[c-]cc3ccccc3c2)c1.[Ir]. The Balaban J connectivity index is 0.00000133. The van der Waals surface area contributed by atoms with E-state index in [2.05, 4.69) is 35.8 Å². The van der Waals surface area contributed by atoms with Crippen molar-refractivity contribution in [3.05, 3.63) is 72.9 Å². The van der Waals surface area contributed by atoms with Gasteiger partial charge in [0.15, 0.2) is 0 Å². The summed E-state index contributed by atoms with van der Waals surface area (Å²) in [5.41, 5.74) is 3.01. The van der Waals surface area contributed by atoms with Crippen molar-refractivity contribution in [3.8, 4) is 11.3 Å². The Morgan fingerprint density at radius 2 is 1.84 bits per heavy atom. The van der Waals surface area contributed by atoms with Gasteiger partial charge in [0.05, 0.1) is 0 Å². The molecule has 19 heavy (non-hydrogen) atoms. The average molecular weight is 423 g/mol. The van der Waals surface area contributed by atoms with Gasteiger partial charge in [-0.05, 0) is 17.3 Å². The van der Waals surface area contributed by atoms with Crippen LogP contribution in [-0.2, 0) is 20.1 Å². The fourth-order valence-corrected chi connectivity index (χ4v) is 2.00. The third kappa shape index (κ3) is 2.81. The minimum absolute atomic E-state index is 0. The third-order valence-electron chi connectivity index (χ3n) is 2.97. The Kier molecular flexibility index (Phi) is 4.26. The predicted octanol–water partition coefficient (Wildman–Crippen LogP) is 4.34. The van der Waals surface area contributed by atoms with E-state index in [1.54, 1.807) is 6.20 Å². The fourth-order valence-electron chi connectivity index (χ4n) is 2.00. The molecule has 1 radical (unpaired) electrons. The van der Waals surface area contributed by atoms with Crippen LogP contribution in [0.2, 0.25) is 0 Å². The van der Waals surface area contributed by atoms with E-state index in [0.29, 0.717) is 0 Å². The van der Waals surface area contributed by atoms with E-state index >= 15 is 0 Å². The Hall–Kier alpha value is -1.76. The van der Waals surface area contributed by atoms with Gasteiger partial charge in [0, 0.05) is 26.3 Å². The number of hydrogen-bond donors (Lipinski definition) is 0. The zero-order valence-corrected chi connectivity index (χ0v) is 12.7. The number of pyridine rings is 1.